The molecule has 0 aliphatic heterocycles. The Morgan fingerprint density at radius 1 is 0.310 bits per heavy atom. The largest absolute Gasteiger partial charge is 0.505 e. The third kappa shape index (κ3) is 8.97. The normalized spacial score (nSPS) is 12.0. The van der Waals surface area contributed by atoms with Crippen molar-refractivity contribution < 1.29 is 9.52 Å². The molecule has 0 unspecified atom stereocenters. The second-order valence-corrected chi connectivity index (χ2v) is 24.7. The van der Waals surface area contributed by atoms with Crippen molar-refractivity contribution in [2.24, 2.45) is 0 Å². The summed E-state index contributed by atoms with van der Waals surface area (Å²) in [5, 5.41) is 22.5. The number of para-hydroxylation sites is 3. The van der Waals surface area contributed by atoms with E-state index >= 15 is 0 Å². The highest BCUT2D eigenvalue weighted by Gasteiger charge is 2.30. The Kier molecular flexibility index (Phi) is 13.7. The lowest BCUT2D eigenvalue weighted by Crippen LogP contribution is -2.14. The van der Waals surface area contributed by atoms with Gasteiger partial charge in [-0.2, -0.15) is 0 Å². The first-order valence-corrected chi connectivity index (χ1v) is 30.2. The van der Waals surface area contributed by atoms with Crippen LogP contribution >= 0.6 is 0 Å². The lowest BCUT2D eigenvalue weighted by atomic mass is 9.84. The van der Waals surface area contributed by atoms with Crippen molar-refractivity contribution in [1.82, 2.24) is 0 Å². The van der Waals surface area contributed by atoms with Gasteiger partial charge in [-0.05, 0) is 194 Å². The predicted octanol–water partition coefficient (Wildman–Crippen LogP) is 23.9. The number of hydrogen-bond acceptors (Lipinski definition) is 4. The Labute approximate surface area is 495 Å². The summed E-state index contributed by atoms with van der Waals surface area (Å²) in [6.07, 6.45) is 0. The van der Waals surface area contributed by atoms with E-state index in [1.807, 2.05) is 0 Å². The highest BCUT2D eigenvalue weighted by molar-refractivity contribution is 6.30. The van der Waals surface area contributed by atoms with E-state index in [4.69, 9.17) is 4.42 Å². The molecule has 0 saturated carbocycles. The van der Waals surface area contributed by atoms with Crippen LogP contribution in [0.4, 0.5) is 34.1 Å². The Morgan fingerprint density at radius 3 is 1.30 bits per heavy atom. The molecule has 0 atom stereocenters. The smallest absolute Gasteiger partial charge is 0.159 e. The molecule has 0 amide bonds. The topological polar surface area (TPSA) is 39.9 Å². The third-order valence-electron chi connectivity index (χ3n) is 18.1. The molecule has 0 fully saturated rings. The summed E-state index contributed by atoms with van der Waals surface area (Å²) >= 11 is 0. The average Bonchev–Trinajstić information content (AvgIpc) is 1.21. The molecule has 12 aromatic carbocycles. The average molecular weight is 1100 g/mol. The molecule has 0 aliphatic carbocycles. The monoisotopic (exact) mass is 1090 g/mol. The van der Waals surface area contributed by atoms with E-state index in [0.717, 1.165) is 83.4 Å². The van der Waals surface area contributed by atoms with Gasteiger partial charge >= 0.3 is 0 Å². The molecule has 0 radical (unpaired) electrons. The van der Waals surface area contributed by atoms with E-state index in [1.54, 1.807) is 0 Å². The summed E-state index contributed by atoms with van der Waals surface area (Å²) in [7, 11) is 0. The number of phenols is 1. The van der Waals surface area contributed by atoms with Crippen LogP contribution in [0.2, 0.25) is 0 Å². The van der Waals surface area contributed by atoms with Gasteiger partial charge in [-0.25, -0.2) is 0 Å². The number of aromatic hydroxyl groups is 1. The number of aryl methyl sites for hydroxylation is 4. The van der Waals surface area contributed by atoms with Gasteiger partial charge in [-0.1, -0.05) is 201 Å². The number of rotatable bonds is 13. The number of fused-ring (bicyclic) bond motifs is 3. The van der Waals surface area contributed by atoms with Crippen LogP contribution in [-0.4, -0.2) is 5.11 Å². The van der Waals surface area contributed by atoms with E-state index in [1.165, 1.54) is 77.2 Å². The van der Waals surface area contributed by atoms with Crippen molar-refractivity contribution in [3.05, 3.63) is 245 Å². The van der Waals surface area contributed by atoms with E-state index in [2.05, 4.69) is 293 Å². The van der Waals surface area contributed by atoms with Gasteiger partial charge in [0, 0.05) is 44.0 Å². The van der Waals surface area contributed by atoms with Crippen LogP contribution < -0.4 is 9.80 Å². The Morgan fingerprint density at radius 2 is 0.738 bits per heavy atom. The molecule has 13 rings (SSSR count). The standard InChI is InChI=1S/C80H74N2O2/c1-46(2)58-23-13-15-25-60(58)54-21-17-22-55(43-54)61-27-19-31-72(78(61)83)81(56-35-33-50(9)52(11)41-56)74-44-70(48(5)6)63-38-40-69-75(45-71(49(7)8)64-37-39-68(74)76(63)77(64)69)82(57-36-34-51(10)53(12)42-57)73-32-20-30-67-66-29-18-28-65(79(66)84-80(67)73)62-26-16-14-24-59(62)47(3)4/h13-49,83H,1-12H3. The fraction of sp³-hybridized carbons (Fsp3) is 0.200. The zero-order chi connectivity index (χ0) is 58.4. The minimum absolute atomic E-state index is 0.172. The van der Waals surface area contributed by atoms with Crippen LogP contribution in [0.3, 0.4) is 0 Å². The van der Waals surface area contributed by atoms with E-state index in [0.29, 0.717) is 17.5 Å². The molecule has 84 heavy (non-hydrogen) atoms. The second-order valence-electron chi connectivity index (χ2n) is 24.7. The Hall–Kier alpha value is -9.12. The van der Waals surface area contributed by atoms with Crippen LogP contribution in [0.5, 0.6) is 5.75 Å². The molecule has 1 heterocycles. The van der Waals surface area contributed by atoms with Crippen LogP contribution in [0.25, 0.3) is 87.6 Å². The zero-order valence-corrected chi connectivity index (χ0v) is 50.6. The van der Waals surface area contributed by atoms with Crippen molar-refractivity contribution in [3.63, 3.8) is 0 Å². The SMILES string of the molecule is Cc1ccc(N(c2cccc(-c3cccc(-c4ccccc4C(C)C)c3)c2O)c2cc(C(C)C)c3ccc4c(N(c5ccc(C)c(C)c5)c5cccc6c5oc5c(-c7ccccc7C(C)C)cccc56)cc(C(C)C)c5ccc2c3c54)cc1C. The summed E-state index contributed by atoms with van der Waals surface area (Å²) in [5.41, 5.74) is 23.9. The first-order chi connectivity index (χ1) is 40.6. The van der Waals surface area contributed by atoms with Crippen molar-refractivity contribution in [2.45, 2.75) is 107 Å². The molecule has 4 nitrogen and oxygen atoms in total. The van der Waals surface area contributed by atoms with Crippen molar-refractivity contribution in [3.8, 4) is 39.1 Å². The fourth-order valence-electron chi connectivity index (χ4n) is 13.4. The van der Waals surface area contributed by atoms with Crippen molar-refractivity contribution in [1.29, 1.82) is 0 Å². The minimum Gasteiger partial charge on any atom is -0.505 e. The molecule has 13 aromatic rings. The van der Waals surface area contributed by atoms with Gasteiger partial charge in [-0.3, -0.25) is 0 Å². The highest BCUT2D eigenvalue weighted by atomic mass is 16.3. The maximum absolute atomic E-state index is 13.1. The number of hydrogen-bond donors (Lipinski definition) is 1. The summed E-state index contributed by atoms with van der Waals surface area (Å²) in [6.45, 7) is 27.1. The summed E-state index contributed by atoms with van der Waals surface area (Å²) in [6, 6.07) is 73.5. The van der Waals surface area contributed by atoms with Gasteiger partial charge in [0.1, 0.15) is 11.3 Å². The first-order valence-electron chi connectivity index (χ1n) is 30.2. The maximum atomic E-state index is 13.1. The lowest BCUT2D eigenvalue weighted by Gasteiger charge is -2.32. The number of furan rings is 1. The predicted molar refractivity (Wildman–Crippen MR) is 360 cm³/mol. The zero-order valence-electron chi connectivity index (χ0n) is 50.6. The molecule has 0 aliphatic rings. The van der Waals surface area contributed by atoms with Crippen LogP contribution in [-0.2, 0) is 0 Å². The third-order valence-corrected chi connectivity index (χ3v) is 18.1. The maximum Gasteiger partial charge on any atom is 0.159 e. The molecule has 0 bridgehead atoms. The lowest BCUT2D eigenvalue weighted by molar-refractivity contribution is 0.478. The molecule has 0 spiro atoms. The van der Waals surface area contributed by atoms with E-state index < -0.39 is 0 Å². The highest BCUT2D eigenvalue weighted by Crippen LogP contribution is 2.54. The number of nitrogens with zero attached hydrogens (tertiary/aromatic N) is 2. The molecular formula is C80H74N2O2. The molecule has 416 valence electrons. The van der Waals surface area contributed by atoms with Gasteiger partial charge in [-0.15, -0.1) is 0 Å². The minimum atomic E-state index is 0.172. The fourth-order valence-corrected chi connectivity index (χ4v) is 13.4. The Balaban J connectivity index is 1.09. The summed E-state index contributed by atoms with van der Waals surface area (Å²) in [4.78, 5) is 4.80. The summed E-state index contributed by atoms with van der Waals surface area (Å²) < 4.78 is 7.39. The number of anilines is 6. The van der Waals surface area contributed by atoms with E-state index in [-0.39, 0.29) is 17.6 Å². The second kappa shape index (κ2) is 21.3. The number of phenolic OH excluding ortho intramolecular Hbond substituents is 1. The Bertz CT molecular complexity index is 4700. The van der Waals surface area contributed by atoms with Crippen molar-refractivity contribution >= 4 is 88.4 Å². The van der Waals surface area contributed by atoms with Crippen molar-refractivity contribution in [2.75, 3.05) is 9.80 Å². The van der Waals surface area contributed by atoms with Gasteiger partial charge in [0.15, 0.2) is 5.58 Å². The quantitative estimate of drug-likeness (QED) is 0.117. The molecule has 4 heteroatoms. The number of benzene rings is 12. The van der Waals surface area contributed by atoms with Crippen LogP contribution in [0, 0.1) is 27.7 Å². The molecule has 1 N–H and O–H groups in total. The molecular weight excluding hydrogens is 1020 g/mol. The van der Waals surface area contributed by atoms with Gasteiger partial charge in [0.05, 0.1) is 22.7 Å². The van der Waals surface area contributed by atoms with Gasteiger partial charge in [0.25, 0.3) is 0 Å². The van der Waals surface area contributed by atoms with Crippen LogP contribution in [0.1, 0.15) is 124 Å². The first kappa shape index (κ1) is 54.1. The van der Waals surface area contributed by atoms with Gasteiger partial charge in [0.2, 0.25) is 0 Å². The molecule has 0 saturated heterocycles. The van der Waals surface area contributed by atoms with Gasteiger partial charge < -0.3 is 19.3 Å². The van der Waals surface area contributed by atoms with E-state index in [9.17, 15) is 5.11 Å². The van der Waals surface area contributed by atoms with Crippen LogP contribution in [0.15, 0.2) is 205 Å². The summed E-state index contributed by atoms with van der Waals surface area (Å²) in [5.74, 6) is 1.29. The molecule has 1 aromatic heterocycles.